The summed E-state index contributed by atoms with van der Waals surface area (Å²) in [5.74, 6) is 1.38. The average molecular weight is 341 g/mol. The highest BCUT2D eigenvalue weighted by atomic mass is 35.5. The molecule has 1 aliphatic heterocycles. The second-order valence-corrected chi connectivity index (χ2v) is 5.20. The number of carbonyl (C=O) groups is 1. The van der Waals surface area contributed by atoms with E-state index in [1.165, 1.54) is 5.57 Å². The highest BCUT2D eigenvalue weighted by Gasteiger charge is 2.06. The van der Waals surface area contributed by atoms with Crippen LogP contribution in [0.4, 0.5) is 0 Å². The van der Waals surface area contributed by atoms with Crippen molar-refractivity contribution >= 4 is 18.3 Å². The number of halogens is 1. The first-order valence-corrected chi connectivity index (χ1v) is 7.79. The van der Waals surface area contributed by atoms with E-state index in [0.29, 0.717) is 18.9 Å². The number of benzene rings is 1. The Morgan fingerprint density at radius 3 is 2.52 bits per heavy atom. The molecule has 1 amide bonds. The van der Waals surface area contributed by atoms with Gasteiger partial charge in [0.25, 0.3) is 5.91 Å². The molecule has 0 aromatic heterocycles. The molecule has 23 heavy (non-hydrogen) atoms. The monoisotopic (exact) mass is 340 g/mol. The molecule has 1 aliphatic rings. The molecule has 5 nitrogen and oxygen atoms in total. The molecule has 1 aromatic rings. The third kappa shape index (κ3) is 7.39. The van der Waals surface area contributed by atoms with Crippen molar-refractivity contribution in [2.45, 2.75) is 19.8 Å². The number of hydrogen-bond acceptors (Lipinski definition) is 4. The van der Waals surface area contributed by atoms with Gasteiger partial charge in [-0.15, -0.1) is 12.4 Å². The Bertz CT molecular complexity index is 503. The van der Waals surface area contributed by atoms with Crippen molar-refractivity contribution in [3.05, 3.63) is 35.9 Å². The molecule has 128 valence electrons. The summed E-state index contributed by atoms with van der Waals surface area (Å²) in [6.45, 7) is 5.26. The lowest BCUT2D eigenvalue weighted by Crippen LogP contribution is -2.32. The van der Waals surface area contributed by atoms with E-state index < -0.39 is 0 Å². The van der Waals surface area contributed by atoms with Gasteiger partial charge >= 0.3 is 0 Å². The Labute approximate surface area is 143 Å². The normalized spacial score (nSPS) is 13.5. The zero-order chi connectivity index (χ0) is 15.6. The lowest BCUT2D eigenvalue weighted by molar-refractivity contribution is -0.122. The minimum Gasteiger partial charge on any atom is -0.494 e. The maximum absolute atomic E-state index is 11.8. The summed E-state index contributed by atoms with van der Waals surface area (Å²) in [6, 6.07) is 7.33. The first kappa shape index (κ1) is 19.3. The van der Waals surface area contributed by atoms with Gasteiger partial charge in [0, 0.05) is 13.1 Å². The van der Waals surface area contributed by atoms with Gasteiger partial charge in [-0.05, 0) is 43.7 Å². The number of rotatable bonds is 8. The second-order valence-electron chi connectivity index (χ2n) is 5.20. The molecule has 2 N–H and O–H groups in total. The Kier molecular flexibility index (Phi) is 9.17. The number of hydrogen-bond donors (Lipinski definition) is 2. The number of carbonyl (C=O) groups excluding carboxylic acids is 1. The maximum Gasteiger partial charge on any atom is 0.258 e. The molecule has 1 heterocycles. The lowest BCUT2D eigenvalue weighted by Gasteiger charge is -2.14. The van der Waals surface area contributed by atoms with Crippen LogP contribution in [0, 0.1) is 0 Å². The molecule has 1 aromatic carbocycles. The Morgan fingerprint density at radius 2 is 1.91 bits per heavy atom. The van der Waals surface area contributed by atoms with Crippen LogP contribution in [0.3, 0.4) is 0 Å². The minimum absolute atomic E-state index is 0. The summed E-state index contributed by atoms with van der Waals surface area (Å²) in [4.78, 5) is 11.8. The molecule has 0 saturated carbocycles. The van der Waals surface area contributed by atoms with E-state index in [1.54, 1.807) is 0 Å². The topological polar surface area (TPSA) is 59.6 Å². The molecule has 0 radical (unpaired) electrons. The minimum atomic E-state index is -0.106. The van der Waals surface area contributed by atoms with Gasteiger partial charge in [-0.2, -0.15) is 0 Å². The van der Waals surface area contributed by atoms with Crippen LogP contribution in [0.2, 0.25) is 0 Å². The van der Waals surface area contributed by atoms with Gasteiger partial charge < -0.3 is 20.1 Å². The summed E-state index contributed by atoms with van der Waals surface area (Å²) < 4.78 is 11.0. The van der Waals surface area contributed by atoms with E-state index in [2.05, 4.69) is 23.6 Å². The van der Waals surface area contributed by atoms with Gasteiger partial charge in [-0.3, -0.25) is 4.79 Å². The quantitative estimate of drug-likeness (QED) is 0.713. The van der Waals surface area contributed by atoms with Gasteiger partial charge in [0.2, 0.25) is 0 Å². The van der Waals surface area contributed by atoms with E-state index in [1.807, 2.05) is 24.3 Å². The van der Waals surface area contributed by atoms with E-state index in [0.717, 1.165) is 31.7 Å². The molecule has 0 aliphatic carbocycles. The molecular formula is C17H25ClN2O3. The highest BCUT2D eigenvalue weighted by molar-refractivity contribution is 5.85. The lowest BCUT2D eigenvalue weighted by atomic mass is 10.1. The van der Waals surface area contributed by atoms with Gasteiger partial charge in [-0.25, -0.2) is 0 Å². The van der Waals surface area contributed by atoms with Crippen molar-refractivity contribution in [2.75, 3.05) is 32.8 Å². The van der Waals surface area contributed by atoms with Crippen molar-refractivity contribution in [1.29, 1.82) is 0 Å². The van der Waals surface area contributed by atoms with Gasteiger partial charge in [0.05, 0.1) is 6.61 Å². The predicted octanol–water partition coefficient (Wildman–Crippen LogP) is 2.31. The molecule has 2 rings (SSSR count). The van der Waals surface area contributed by atoms with Crippen molar-refractivity contribution in [2.24, 2.45) is 0 Å². The third-order valence-electron chi connectivity index (χ3n) is 3.34. The van der Waals surface area contributed by atoms with Crippen LogP contribution in [0.15, 0.2) is 35.9 Å². The summed E-state index contributed by atoms with van der Waals surface area (Å²) in [5, 5.41) is 6.12. The fourth-order valence-electron chi connectivity index (χ4n) is 2.09. The largest absolute Gasteiger partial charge is 0.494 e. The van der Waals surface area contributed by atoms with Crippen molar-refractivity contribution in [3.8, 4) is 11.5 Å². The molecule has 0 spiro atoms. The predicted molar refractivity (Wildman–Crippen MR) is 93.6 cm³/mol. The third-order valence-corrected chi connectivity index (χ3v) is 3.34. The van der Waals surface area contributed by atoms with E-state index in [-0.39, 0.29) is 24.9 Å². The molecule has 0 bridgehead atoms. The summed E-state index contributed by atoms with van der Waals surface area (Å²) >= 11 is 0. The smallest absolute Gasteiger partial charge is 0.258 e. The van der Waals surface area contributed by atoms with Gasteiger partial charge in [0.15, 0.2) is 6.61 Å². The summed E-state index contributed by atoms with van der Waals surface area (Å²) in [5.41, 5.74) is 1.27. The van der Waals surface area contributed by atoms with Crippen molar-refractivity contribution in [1.82, 2.24) is 10.6 Å². The first-order valence-electron chi connectivity index (χ1n) is 7.79. The standard InChI is InChI=1S/C17H24N2O3.ClH/c1-2-11-21-15-3-5-16(6-4-15)22-13-17(20)19-12-14-7-9-18-10-8-14;/h3-7,18H,2,8-13H2,1H3,(H,19,20);1H. The number of nitrogens with one attached hydrogen (secondary N) is 2. The Hall–Kier alpha value is -1.72. The Balaban J connectivity index is 0.00000264. The van der Waals surface area contributed by atoms with E-state index in [4.69, 9.17) is 9.47 Å². The van der Waals surface area contributed by atoms with Crippen LogP contribution in [-0.2, 0) is 4.79 Å². The maximum atomic E-state index is 11.8. The molecule has 0 atom stereocenters. The van der Waals surface area contributed by atoms with Crippen LogP contribution < -0.4 is 20.1 Å². The number of amides is 1. The summed E-state index contributed by atoms with van der Waals surface area (Å²) in [6.07, 6.45) is 4.09. The molecule has 0 fully saturated rings. The zero-order valence-corrected chi connectivity index (χ0v) is 14.3. The Morgan fingerprint density at radius 1 is 1.22 bits per heavy atom. The molecular weight excluding hydrogens is 316 g/mol. The highest BCUT2D eigenvalue weighted by Crippen LogP contribution is 2.17. The van der Waals surface area contributed by atoms with Gasteiger partial charge in [-0.1, -0.05) is 18.6 Å². The van der Waals surface area contributed by atoms with Crippen LogP contribution in [0.1, 0.15) is 19.8 Å². The molecule has 6 heteroatoms. The zero-order valence-electron chi connectivity index (χ0n) is 13.5. The molecule has 0 unspecified atom stereocenters. The van der Waals surface area contributed by atoms with Crippen LogP contribution in [-0.4, -0.2) is 38.8 Å². The fraction of sp³-hybridized carbons (Fsp3) is 0.471. The summed E-state index contributed by atoms with van der Waals surface area (Å²) in [7, 11) is 0. The van der Waals surface area contributed by atoms with Crippen LogP contribution >= 0.6 is 12.4 Å². The average Bonchev–Trinajstić information content (AvgIpc) is 2.58. The number of ether oxygens (including phenoxy) is 2. The first-order chi connectivity index (χ1) is 10.8. The van der Waals surface area contributed by atoms with Gasteiger partial charge in [0.1, 0.15) is 11.5 Å². The van der Waals surface area contributed by atoms with E-state index >= 15 is 0 Å². The van der Waals surface area contributed by atoms with Crippen molar-refractivity contribution in [3.63, 3.8) is 0 Å². The van der Waals surface area contributed by atoms with Crippen LogP contribution in [0.25, 0.3) is 0 Å². The van der Waals surface area contributed by atoms with Crippen LogP contribution in [0.5, 0.6) is 11.5 Å². The second kappa shape index (κ2) is 10.9. The SMILES string of the molecule is CCCOc1ccc(OCC(=O)NCC2=CCNCC2)cc1.Cl. The molecule has 0 saturated heterocycles. The fourth-order valence-corrected chi connectivity index (χ4v) is 2.09. The van der Waals surface area contributed by atoms with E-state index in [9.17, 15) is 4.79 Å². The van der Waals surface area contributed by atoms with Crippen molar-refractivity contribution < 1.29 is 14.3 Å².